The molecule has 1 aliphatic heterocycles. The molecule has 0 bridgehead atoms. The zero-order valence-electron chi connectivity index (χ0n) is 9.12. The molecule has 3 heteroatoms. The Morgan fingerprint density at radius 2 is 2.27 bits per heavy atom. The first-order valence-corrected chi connectivity index (χ1v) is 5.10. The first kappa shape index (κ1) is 10.2. The van der Waals surface area contributed by atoms with Crippen LogP contribution in [0.3, 0.4) is 0 Å². The number of rotatable bonds is 3. The molecule has 1 heterocycles. The van der Waals surface area contributed by atoms with Gasteiger partial charge in [-0.3, -0.25) is 4.79 Å². The Bertz CT molecular complexity index is 387. The highest BCUT2D eigenvalue weighted by Crippen LogP contribution is 2.24. The molecule has 0 N–H and O–H groups in total. The van der Waals surface area contributed by atoms with E-state index in [-0.39, 0.29) is 5.91 Å². The van der Waals surface area contributed by atoms with Gasteiger partial charge in [-0.05, 0) is 24.1 Å². The number of carbonyl (C=O) groups is 1. The molecular weight excluding hydrogens is 190 g/mol. The predicted octanol–water partition coefficient (Wildman–Crippen LogP) is 1.60. The summed E-state index contributed by atoms with van der Waals surface area (Å²) in [4.78, 5) is 13.8. The summed E-state index contributed by atoms with van der Waals surface area (Å²) >= 11 is 0. The van der Waals surface area contributed by atoms with Gasteiger partial charge in [-0.25, -0.2) is 0 Å². The third-order valence-electron chi connectivity index (χ3n) is 2.84. The van der Waals surface area contributed by atoms with Crippen LogP contribution in [0.2, 0.25) is 0 Å². The van der Waals surface area contributed by atoms with Crippen LogP contribution in [0.4, 0.5) is 0 Å². The zero-order chi connectivity index (χ0) is 10.8. The molecule has 0 saturated carbocycles. The van der Waals surface area contributed by atoms with Gasteiger partial charge in [0.2, 0.25) is 0 Å². The number of benzene rings is 1. The number of fused-ring (bicyclic) bond motifs is 1. The third kappa shape index (κ3) is 1.75. The molecule has 15 heavy (non-hydrogen) atoms. The van der Waals surface area contributed by atoms with Crippen LogP contribution in [0.1, 0.15) is 21.5 Å². The molecule has 2 rings (SSSR count). The molecule has 0 fully saturated rings. The Hall–Kier alpha value is -1.35. The van der Waals surface area contributed by atoms with Crippen molar-refractivity contribution in [2.45, 2.75) is 13.5 Å². The van der Waals surface area contributed by atoms with E-state index in [1.165, 1.54) is 11.1 Å². The largest absolute Gasteiger partial charge is 0.383 e. The van der Waals surface area contributed by atoms with Gasteiger partial charge in [0.05, 0.1) is 6.61 Å². The molecule has 0 radical (unpaired) electrons. The van der Waals surface area contributed by atoms with Crippen molar-refractivity contribution in [1.82, 2.24) is 4.90 Å². The monoisotopic (exact) mass is 205 g/mol. The molecule has 1 amide bonds. The van der Waals surface area contributed by atoms with E-state index in [2.05, 4.69) is 0 Å². The molecule has 0 saturated heterocycles. The lowest BCUT2D eigenvalue weighted by Crippen LogP contribution is -2.27. The lowest BCUT2D eigenvalue weighted by molar-refractivity contribution is 0.0719. The summed E-state index contributed by atoms with van der Waals surface area (Å²) in [5.74, 6) is 0.130. The molecule has 1 aromatic rings. The number of hydrogen-bond donors (Lipinski definition) is 0. The maximum atomic E-state index is 11.9. The van der Waals surface area contributed by atoms with Gasteiger partial charge in [0, 0.05) is 25.8 Å². The molecule has 3 nitrogen and oxygen atoms in total. The SMILES string of the molecule is COCCN1Cc2c(C)cccc2C1=O. The van der Waals surface area contributed by atoms with Crippen LogP contribution in [0.5, 0.6) is 0 Å². The van der Waals surface area contributed by atoms with Gasteiger partial charge in [-0.15, -0.1) is 0 Å². The van der Waals surface area contributed by atoms with Gasteiger partial charge in [0.1, 0.15) is 0 Å². The van der Waals surface area contributed by atoms with Crippen molar-refractivity contribution < 1.29 is 9.53 Å². The fraction of sp³-hybridized carbons (Fsp3) is 0.417. The van der Waals surface area contributed by atoms with Crippen molar-refractivity contribution in [2.24, 2.45) is 0 Å². The van der Waals surface area contributed by atoms with Crippen LogP contribution in [0.15, 0.2) is 18.2 Å². The van der Waals surface area contributed by atoms with E-state index in [1.54, 1.807) is 7.11 Å². The summed E-state index contributed by atoms with van der Waals surface area (Å²) in [6.07, 6.45) is 0. The first-order valence-electron chi connectivity index (χ1n) is 5.10. The van der Waals surface area contributed by atoms with Crippen molar-refractivity contribution in [3.05, 3.63) is 34.9 Å². The number of nitrogens with zero attached hydrogens (tertiary/aromatic N) is 1. The van der Waals surface area contributed by atoms with Gasteiger partial charge in [-0.2, -0.15) is 0 Å². The first-order chi connectivity index (χ1) is 7.24. The van der Waals surface area contributed by atoms with Gasteiger partial charge >= 0.3 is 0 Å². The Morgan fingerprint density at radius 1 is 1.47 bits per heavy atom. The van der Waals surface area contributed by atoms with Crippen LogP contribution in [0, 0.1) is 6.92 Å². The second kappa shape index (κ2) is 4.03. The topological polar surface area (TPSA) is 29.5 Å². The average Bonchev–Trinajstić information content (AvgIpc) is 2.55. The maximum absolute atomic E-state index is 11.9. The molecule has 0 aromatic heterocycles. The Balaban J connectivity index is 2.22. The van der Waals surface area contributed by atoms with Gasteiger partial charge < -0.3 is 9.64 Å². The highest BCUT2D eigenvalue weighted by Gasteiger charge is 2.27. The van der Waals surface area contributed by atoms with E-state index in [0.29, 0.717) is 13.2 Å². The summed E-state index contributed by atoms with van der Waals surface area (Å²) < 4.78 is 4.99. The Morgan fingerprint density at radius 3 is 2.93 bits per heavy atom. The highest BCUT2D eigenvalue weighted by atomic mass is 16.5. The number of amides is 1. The number of methoxy groups -OCH3 is 1. The molecule has 0 atom stereocenters. The molecular formula is C12H15NO2. The number of hydrogen-bond acceptors (Lipinski definition) is 2. The van der Waals surface area contributed by atoms with Crippen LogP contribution in [-0.4, -0.2) is 31.1 Å². The van der Waals surface area contributed by atoms with Crippen LogP contribution < -0.4 is 0 Å². The zero-order valence-corrected chi connectivity index (χ0v) is 9.12. The number of carbonyl (C=O) groups excluding carboxylic acids is 1. The van der Waals surface area contributed by atoms with Crippen LogP contribution in [-0.2, 0) is 11.3 Å². The van der Waals surface area contributed by atoms with E-state index >= 15 is 0 Å². The van der Waals surface area contributed by atoms with Gasteiger partial charge in [-0.1, -0.05) is 12.1 Å². The molecule has 0 spiro atoms. The predicted molar refractivity (Wildman–Crippen MR) is 57.8 cm³/mol. The summed E-state index contributed by atoms with van der Waals surface area (Å²) in [5, 5.41) is 0. The third-order valence-corrected chi connectivity index (χ3v) is 2.84. The van der Waals surface area contributed by atoms with E-state index in [4.69, 9.17) is 4.74 Å². The van der Waals surface area contributed by atoms with E-state index in [0.717, 1.165) is 12.1 Å². The van der Waals surface area contributed by atoms with E-state index < -0.39 is 0 Å². The van der Waals surface area contributed by atoms with Gasteiger partial charge in [0.25, 0.3) is 5.91 Å². The average molecular weight is 205 g/mol. The van der Waals surface area contributed by atoms with Crippen molar-refractivity contribution >= 4 is 5.91 Å². The quantitative estimate of drug-likeness (QED) is 0.750. The Labute approximate surface area is 89.7 Å². The van der Waals surface area contributed by atoms with Crippen LogP contribution in [0.25, 0.3) is 0 Å². The highest BCUT2D eigenvalue weighted by molar-refractivity contribution is 5.98. The van der Waals surface area contributed by atoms with E-state index in [9.17, 15) is 4.79 Å². The summed E-state index contributed by atoms with van der Waals surface area (Å²) in [5.41, 5.74) is 3.21. The molecule has 1 aliphatic rings. The van der Waals surface area contributed by atoms with Crippen LogP contribution >= 0.6 is 0 Å². The minimum Gasteiger partial charge on any atom is -0.383 e. The smallest absolute Gasteiger partial charge is 0.254 e. The van der Waals surface area contributed by atoms with Crippen molar-refractivity contribution in [2.75, 3.05) is 20.3 Å². The molecule has 0 unspecified atom stereocenters. The van der Waals surface area contributed by atoms with Crippen molar-refractivity contribution in [1.29, 1.82) is 0 Å². The second-order valence-corrected chi connectivity index (χ2v) is 3.82. The summed E-state index contributed by atoms with van der Waals surface area (Å²) in [6.45, 7) is 4.04. The summed E-state index contributed by atoms with van der Waals surface area (Å²) in [6, 6.07) is 5.88. The Kier molecular flexibility index (Phi) is 2.73. The maximum Gasteiger partial charge on any atom is 0.254 e. The molecule has 1 aromatic carbocycles. The number of ether oxygens (including phenoxy) is 1. The minimum absolute atomic E-state index is 0.130. The molecule has 0 aliphatic carbocycles. The lowest BCUT2D eigenvalue weighted by Gasteiger charge is -2.14. The van der Waals surface area contributed by atoms with Crippen molar-refractivity contribution in [3.63, 3.8) is 0 Å². The van der Waals surface area contributed by atoms with E-state index in [1.807, 2.05) is 30.0 Å². The molecule has 80 valence electrons. The van der Waals surface area contributed by atoms with Gasteiger partial charge in [0.15, 0.2) is 0 Å². The normalized spacial score (nSPS) is 14.5. The lowest BCUT2D eigenvalue weighted by atomic mass is 10.1. The fourth-order valence-corrected chi connectivity index (χ4v) is 1.93. The number of aryl methyl sites for hydroxylation is 1. The minimum atomic E-state index is 0.130. The van der Waals surface area contributed by atoms with Crippen molar-refractivity contribution in [3.8, 4) is 0 Å². The fourth-order valence-electron chi connectivity index (χ4n) is 1.93. The summed E-state index contributed by atoms with van der Waals surface area (Å²) in [7, 11) is 1.65. The standard InChI is InChI=1S/C12H15NO2/c1-9-4-3-5-10-11(9)8-13(12(10)14)6-7-15-2/h3-5H,6-8H2,1-2H3. The second-order valence-electron chi connectivity index (χ2n) is 3.82.